The Labute approximate surface area is 274 Å². The number of esters is 1. The van der Waals surface area contributed by atoms with Crippen LogP contribution in [0, 0.1) is 12.8 Å². The van der Waals surface area contributed by atoms with Crippen LogP contribution in [0.5, 0.6) is 5.75 Å². The number of amides is 1. The normalized spacial score (nSPS) is 13.4. The summed E-state index contributed by atoms with van der Waals surface area (Å²) >= 11 is 7.05. The van der Waals surface area contributed by atoms with Crippen molar-refractivity contribution in [2.24, 2.45) is 30.7 Å². The molecule has 1 aromatic carbocycles. The fraction of sp³-hybridized carbons (Fsp3) is 0.393. The molecule has 12 nitrogen and oxygen atoms in total. The number of nitrogens with zero attached hydrogens (tertiary/aromatic N) is 4. The Morgan fingerprint density at radius 2 is 1.87 bits per heavy atom. The van der Waals surface area contributed by atoms with Gasteiger partial charge in [-0.25, -0.2) is 4.79 Å². The van der Waals surface area contributed by atoms with Gasteiger partial charge in [0, 0.05) is 30.6 Å². The molecule has 0 aliphatic heterocycles. The highest BCUT2D eigenvalue weighted by Gasteiger charge is 2.32. The van der Waals surface area contributed by atoms with E-state index in [2.05, 4.69) is 9.73 Å². The van der Waals surface area contributed by atoms with Crippen molar-refractivity contribution < 1.29 is 36.7 Å². The van der Waals surface area contributed by atoms with Crippen LogP contribution in [0.3, 0.4) is 0 Å². The van der Waals surface area contributed by atoms with Gasteiger partial charge >= 0.3 is 18.0 Å². The molecule has 2 atom stereocenters. The van der Waals surface area contributed by atoms with Gasteiger partial charge in [-0.3, -0.25) is 28.1 Å². The molecule has 3 heterocycles. The van der Waals surface area contributed by atoms with Gasteiger partial charge in [0.1, 0.15) is 22.9 Å². The molecule has 0 spiro atoms. The molecule has 0 fully saturated rings. The fourth-order valence-electron chi connectivity index (χ4n) is 4.45. The van der Waals surface area contributed by atoms with E-state index in [0.717, 1.165) is 26.5 Å². The minimum Gasteiger partial charge on any atom is -0.444 e. The highest BCUT2D eigenvalue weighted by Crippen LogP contribution is 2.34. The minimum absolute atomic E-state index is 0. The third kappa shape index (κ3) is 7.57. The van der Waals surface area contributed by atoms with Gasteiger partial charge in [-0.05, 0) is 31.0 Å². The molecule has 46 heavy (non-hydrogen) atoms. The van der Waals surface area contributed by atoms with Gasteiger partial charge in [-0.15, -0.1) is 36.9 Å². The standard InChI is InChI=1S/C28H29ClF3N5O7S.ClH/c1-6-13(2)22(33)25(40)42-12-37-18(15-7-8-19(17(29)9-15)44-28(30,31)32)11-45-26(37)34-20(38)10-16-14(3)43-24-21(16)23(39)35(4)27(41)36(24)5;/h7-9,11,13,22H,6,10,12,33H2,1-5H3;1H/t13-,22-;/m0./s1. The Morgan fingerprint density at radius 3 is 2.48 bits per heavy atom. The number of rotatable bonds is 9. The molecule has 18 heteroatoms. The third-order valence-electron chi connectivity index (χ3n) is 7.25. The third-order valence-corrected chi connectivity index (χ3v) is 8.41. The zero-order valence-corrected chi connectivity index (χ0v) is 27.5. The monoisotopic (exact) mass is 707 g/mol. The van der Waals surface area contributed by atoms with Crippen LogP contribution in [-0.4, -0.2) is 38.0 Å². The molecular weight excluding hydrogens is 678 g/mol. The van der Waals surface area contributed by atoms with Gasteiger partial charge in [0.2, 0.25) is 5.71 Å². The molecule has 0 unspecified atom stereocenters. The number of hydrogen-bond acceptors (Lipinski definition) is 9. The molecule has 3 aromatic heterocycles. The van der Waals surface area contributed by atoms with E-state index in [1.54, 1.807) is 19.2 Å². The van der Waals surface area contributed by atoms with E-state index in [0.29, 0.717) is 17.7 Å². The SMILES string of the molecule is CC[C@H](C)[C@H](N)C(=O)OCn1c(-c2ccc(OC(F)(F)F)c(Cl)c2)csc1=NC(=O)Cc1c(C)oc2c1c(=O)n(C)c(=O)n2C.Cl. The average Bonchev–Trinajstić information content (AvgIpc) is 3.53. The van der Waals surface area contributed by atoms with E-state index >= 15 is 0 Å². The number of hydrogen-bond donors (Lipinski definition) is 1. The van der Waals surface area contributed by atoms with Crippen LogP contribution in [0.25, 0.3) is 22.4 Å². The summed E-state index contributed by atoms with van der Waals surface area (Å²) in [5.74, 6) is -1.97. The second kappa shape index (κ2) is 14.3. The number of carbonyl (C=O) groups excluding carboxylic acids is 2. The quantitative estimate of drug-likeness (QED) is 0.254. The number of aromatic nitrogens is 3. The molecule has 2 N–H and O–H groups in total. The fourth-order valence-corrected chi connectivity index (χ4v) is 5.58. The highest BCUT2D eigenvalue weighted by atomic mass is 35.5. The maximum atomic E-state index is 13.3. The van der Waals surface area contributed by atoms with E-state index in [1.165, 1.54) is 30.8 Å². The zero-order valence-electron chi connectivity index (χ0n) is 25.1. The summed E-state index contributed by atoms with van der Waals surface area (Å²) in [7, 11) is 2.74. The van der Waals surface area contributed by atoms with Gasteiger partial charge in [0.05, 0.1) is 17.1 Å². The predicted octanol–water partition coefficient (Wildman–Crippen LogP) is 4.19. The summed E-state index contributed by atoms with van der Waals surface area (Å²) in [5.41, 5.74) is 5.64. The first-order valence-corrected chi connectivity index (χ1v) is 14.7. The molecule has 250 valence electrons. The minimum atomic E-state index is -4.96. The van der Waals surface area contributed by atoms with Gasteiger partial charge in [-0.1, -0.05) is 31.9 Å². The molecular formula is C28H30Cl2F3N5O7S. The van der Waals surface area contributed by atoms with Crippen molar-refractivity contribution in [2.45, 2.75) is 52.7 Å². The van der Waals surface area contributed by atoms with E-state index in [4.69, 9.17) is 26.5 Å². The average molecular weight is 709 g/mol. The Hall–Kier alpha value is -3.86. The van der Waals surface area contributed by atoms with E-state index in [9.17, 15) is 32.3 Å². The van der Waals surface area contributed by atoms with E-state index in [1.807, 2.05) is 6.92 Å². The van der Waals surface area contributed by atoms with Crippen LogP contribution in [0.1, 0.15) is 31.6 Å². The molecule has 4 aromatic rings. The van der Waals surface area contributed by atoms with E-state index in [-0.39, 0.29) is 57.0 Å². The van der Waals surface area contributed by atoms with Crippen LogP contribution in [0.2, 0.25) is 5.02 Å². The van der Waals surface area contributed by atoms with Crippen LogP contribution < -0.4 is 26.5 Å². The van der Waals surface area contributed by atoms with Gasteiger partial charge in [0.15, 0.2) is 11.5 Å². The summed E-state index contributed by atoms with van der Waals surface area (Å²) in [5, 5.41) is 1.27. The van der Waals surface area contributed by atoms with Crippen LogP contribution >= 0.6 is 35.3 Å². The first-order valence-electron chi connectivity index (χ1n) is 13.5. The Kier molecular flexibility index (Phi) is 11.4. The smallest absolute Gasteiger partial charge is 0.444 e. The number of fused-ring (bicyclic) bond motifs is 1. The van der Waals surface area contributed by atoms with Crippen LogP contribution in [-0.2, 0) is 41.6 Å². The van der Waals surface area contributed by atoms with Crippen LogP contribution in [0.15, 0.2) is 42.6 Å². The number of furan rings is 1. The van der Waals surface area contributed by atoms with Crippen molar-refractivity contribution in [1.29, 1.82) is 0 Å². The first kappa shape index (κ1) is 36.6. The highest BCUT2D eigenvalue weighted by molar-refractivity contribution is 7.07. The largest absolute Gasteiger partial charge is 0.573 e. The Balaban J connectivity index is 0.00000576. The summed E-state index contributed by atoms with van der Waals surface area (Å²) < 4.78 is 56.7. The van der Waals surface area contributed by atoms with Crippen molar-refractivity contribution in [3.63, 3.8) is 0 Å². The number of ether oxygens (including phenoxy) is 2. The summed E-state index contributed by atoms with van der Waals surface area (Å²) in [6, 6.07) is 2.63. The second-order valence-corrected chi connectivity index (χ2v) is 11.5. The van der Waals surface area contributed by atoms with Crippen molar-refractivity contribution in [3.8, 4) is 17.0 Å². The second-order valence-electron chi connectivity index (χ2n) is 10.2. The molecule has 0 bridgehead atoms. The maximum Gasteiger partial charge on any atom is 0.573 e. The summed E-state index contributed by atoms with van der Waals surface area (Å²) in [6.07, 6.45) is -4.71. The topological polar surface area (TPSA) is 153 Å². The molecule has 0 aliphatic rings. The van der Waals surface area contributed by atoms with Gasteiger partial charge in [-0.2, -0.15) is 4.99 Å². The molecule has 0 saturated heterocycles. The molecule has 0 saturated carbocycles. The lowest BCUT2D eigenvalue weighted by atomic mass is 10.0. The number of nitrogens with two attached hydrogens (primary N) is 1. The number of aryl methyl sites for hydroxylation is 2. The Morgan fingerprint density at radius 1 is 1.20 bits per heavy atom. The molecule has 1 amide bonds. The number of thiazole rings is 1. The van der Waals surface area contributed by atoms with Crippen molar-refractivity contribution >= 4 is 58.3 Å². The lowest BCUT2D eigenvalue weighted by Crippen LogP contribution is -2.38. The lowest BCUT2D eigenvalue weighted by molar-refractivity contribution is -0.274. The van der Waals surface area contributed by atoms with E-state index < -0.39 is 48.0 Å². The van der Waals surface area contributed by atoms with Crippen molar-refractivity contribution in [3.05, 3.63) is 65.6 Å². The number of carbonyl (C=O) groups is 2. The maximum absolute atomic E-state index is 13.3. The number of benzene rings is 1. The molecule has 0 radical (unpaired) electrons. The number of halogens is 5. The van der Waals surface area contributed by atoms with Crippen molar-refractivity contribution in [1.82, 2.24) is 13.7 Å². The summed E-state index contributed by atoms with van der Waals surface area (Å²) in [4.78, 5) is 55.4. The Bertz CT molecular complexity index is 1980. The van der Waals surface area contributed by atoms with Gasteiger partial charge < -0.3 is 19.6 Å². The molecule has 0 aliphatic carbocycles. The lowest BCUT2D eigenvalue weighted by Gasteiger charge is -2.18. The zero-order chi connectivity index (χ0) is 33.4. The number of alkyl halides is 3. The first-order chi connectivity index (χ1) is 21.0. The van der Waals surface area contributed by atoms with Crippen molar-refractivity contribution in [2.75, 3.05) is 0 Å². The molecule has 4 rings (SSSR count). The summed E-state index contributed by atoms with van der Waals surface area (Å²) in [6.45, 7) is 4.75. The predicted molar refractivity (Wildman–Crippen MR) is 166 cm³/mol. The van der Waals surface area contributed by atoms with Crippen LogP contribution in [0.4, 0.5) is 13.2 Å². The van der Waals surface area contributed by atoms with Gasteiger partial charge in [0.25, 0.3) is 11.5 Å².